The van der Waals surface area contributed by atoms with Crippen LogP contribution in [0.4, 0.5) is 0 Å². The Morgan fingerprint density at radius 2 is 1.79 bits per heavy atom. The van der Waals surface area contributed by atoms with Crippen molar-refractivity contribution in [1.82, 2.24) is 0 Å². The molecule has 0 spiro atoms. The molecule has 0 aliphatic rings. The molecule has 0 aromatic heterocycles. The SMILES string of the molecule is CC[C@H](C)[C@H](CC(=O)Cc1ccc(C)cc1)C(=O)O. The highest BCUT2D eigenvalue weighted by molar-refractivity contribution is 5.85. The van der Waals surface area contributed by atoms with E-state index in [0.717, 1.165) is 17.5 Å². The number of rotatable bonds is 7. The van der Waals surface area contributed by atoms with Crippen LogP contribution in [0.5, 0.6) is 0 Å². The van der Waals surface area contributed by atoms with Gasteiger partial charge in [0, 0.05) is 12.8 Å². The number of carbonyl (C=O) groups excluding carboxylic acids is 1. The largest absolute Gasteiger partial charge is 0.481 e. The van der Waals surface area contributed by atoms with Gasteiger partial charge in [0.1, 0.15) is 5.78 Å². The number of carboxylic acids is 1. The molecule has 0 saturated carbocycles. The topological polar surface area (TPSA) is 54.4 Å². The minimum absolute atomic E-state index is 0.00319. The van der Waals surface area contributed by atoms with Gasteiger partial charge in [-0.2, -0.15) is 0 Å². The second-order valence-corrected chi connectivity index (χ2v) is 5.24. The summed E-state index contributed by atoms with van der Waals surface area (Å²) >= 11 is 0. The predicted molar refractivity (Wildman–Crippen MR) is 75.1 cm³/mol. The molecule has 104 valence electrons. The van der Waals surface area contributed by atoms with Crippen LogP contribution in [0.3, 0.4) is 0 Å². The molecule has 1 N–H and O–H groups in total. The van der Waals surface area contributed by atoms with Crippen LogP contribution in [0.15, 0.2) is 24.3 Å². The monoisotopic (exact) mass is 262 g/mol. The lowest BCUT2D eigenvalue weighted by atomic mass is 9.86. The molecule has 0 bridgehead atoms. The molecule has 19 heavy (non-hydrogen) atoms. The maximum absolute atomic E-state index is 12.0. The van der Waals surface area contributed by atoms with Crippen LogP contribution in [0.1, 0.15) is 37.8 Å². The van der Waals surface area contributed by atoms with Gasteiger partial charge in [0.2, 0.25) is 0 Å². The summed E-state index contributed by atoms with van der Waals surface area (Å²) in [4.78, 5) is 23.1. The molecule has 0 saturated heterocycles. The Morgan fingerprint density at radius 1 is 1.21 bits per heavy atom. The average molecular weight is 262 g/mol. The highest BCUT2D eigenvalue weighted by Gasteiger charge is 2.26. The molecule has 0 radical (unpaired) electrons. The number of carboxylic acid groups (broad SMARTS) is 1. The first-order chi connectivity index (χ1) is 8.93. The second-order valence-electron chi connectivity index (χ2n) is 5.24. The molecular weight excluding hydrogens is 240 g/mol. The van der Waals surface area contributed by atoms with Crippen molar-refractivity contribution in [3.63, 3.8) is 0 Å². The van der Waals surface area contributed by atoms with Gasteiger partial charge in [-0.05, 0) is 18.4 Å². The summed E-state index contributed by atoms with van der Waals surface area (Å²) < 4.78 is 0. The molecule has 0 unspecified atom stereocenters. The highest BCUT2D eigenvalue weighted by Crippen LogP contribution is 2.20. The molecule has 3 heteroatoms. The molecule has 0 heterocycles. The third kappa shape index (κ3) is 4.86. The molecule has 2 atom stereocenters. The number of hydrogen-bond donors (Lipinski definition) is 1. The third-order valence-electron chi connectivity index (χ3n) is 3.62. The van der Waals surface area contributed by atoms with E-state index in [1.807, 2.05) is 45.0 Å². The van der Waals surface area contributed by atoms with Gasteiger partial charge in [-0.3, -0.25) is 9.59 Å². The van der Waals surface area contributed by atoms with E-state index >= 15 is 0 Å². The minimum atomic E-state index is -0.869. The van der Waals surface area contributed by atoms with E-state index in [1.165, 1.54) is 0 Å². The Labute approximate surface area is 114 Å². The van der Waals surface area contributed by atoms with E-state index < -0.39 is 11.9 Å². The van der Waals surface area contributed by atoms with Crippen molar-refractivity contribution in [2.75, 3.05) is 0 Å². The Kier molecular flexibility index (Phi) is 5.74. The summed E-state index contributed by atoms with van der Waals surface area (Å²) in [6.07, 6.45) is 1.22. The van der Waals surface area contributed by atoms with Crippen molar-refractivity contribution in [1.29, 1.82) is 0 Å². The maximum atomic E-state index is 12.0. The number of hydrogen-bond acceptors (Lipinski definition) is 2. The number of carbonyl (C=O) groups is 2. The highest BCUT2D eigenvalue weighted by atomic mass is 16.4. The summed E-state index contributed by atoms with van der Waals surface area (Å²) in [6.45, 7) is 5.83. The first-order valence-electron chi connectivity index (χ1n) is 6.74. The number of aryl methyl sites for hydroxylation is 1. The van der Waals surface area contributed by atoms with Crippen LogP contribution in [0.25, 0.3) is 0 Å². The van der Waals surface area contributed by atoms with Crippen LogP contribution < -0.4 is 0 Å². The van der Waals surface area contributed by atoms with Crippen molar-refractivity contribution in [2.24, 2.45) is 11.8 Å². The molecule has 0 fully saturated rings. The third-order valence-corrected chi connectivity index (χ3v) is 3.62. The van der Waals surface area contributed by atoms with E-state index in [0.29, 0.717) is 6.42 Å². The fraction of sp³-hybridized carbons (Fsp3) is 0.500. The van der Waals surface area contributed by atoms with Gasteiger partial charge in [-0.1, -0.05) is 50.1 Å². The van der Waals surface area contributed by atoms with Gasteiger partial charge < -0.3 is 5.11 Å². The van der Waals surface area contributed by atoms with Crippen molar-refractivity contribution in [2.45, 2.75) is 40.0 Å². The minimum Gasteiger partial charge on any atom is -0.481 e. The van der Waals surface area contributed by atoms with Crippen LogP contribution in [0.2, 0.25) is 0 Å². The number of benzene rings is 1. The second kappa shape index (κ2) is 7.07. The molecule has 1 aromatic rings. The lowest BCUT2D eigenvalue weighted by Crippen LogP contribution is -2.25. The molecule has 3 nitrogen and oxygen atoms in total. The summed E-state index contributed by atoms with van der Waals surface area (Å²) in [5, 5.41) is 9.17. The Bertz CT molecular complexity index is 434. The van der Waals surface area contributed by atoms with Crippen LogP contribution >= 0.6 is 0 Å². The Hall–Kier alpha value is -1.64. The van der Waals surface area contributed by atoms with E-state index in [4.69, 9.17) is 0 Å². The predicted octanol–water partition coefficient (Wildman–Crippen LogP) is 3.24. The van der Waals surface area contributed by atoms with Crippen LogP contribution in [0, 0.1) is 18.8 Å². The van der Waals surface area contributed by atoms with E-state index in [9.17, 15) is 14.7 Å². The number of Topliss-reactive ketones (excluding diaryl/α,β-unsaturated/α-hetero) is 1. The molecular formula is C16H22O3. The zero-order chi connectivity index (χ0) is 14.4. The van der Waals surface area contributed by atoms with Gasteiger partial charge in [0.25, 0.3) is 0 Å². The standard InChI is InChI=1S/C16H22O3/c1-4-12(3)15(16(18)19)10-14(17)9-13-7-5-11(2)6-8-13/h5-8,12,15H,4,9-10H2,1-3H3,(H,18,19)/t12-,15-/m0/s1. The van der Waals surface area contributed by atoms with Gasteiger partial charge in [-0.25, -0.2) is 0 Å². The summed E-state index contributed by atoms with van der Waals surface area (Å²) in [5.74, 6) is -1.41. The lowest BCUT2D eigenvalue weighted by Gasteiger charge is -2.17. The zero-order valence-corrected chi connectivity index (χ0v) is 11.8. The first-order valence-corrected chi connectivity index (χ1v) is 6.74. The van der Waals surface area contributed by atoms with E-state index in [2.05, 4.69) is 0 Å². The number of ketones is 1. The summed E-state index contributed by atoms with van der Waals surface area (Å²) in [7, 11) is 0. The fourth-order valence-corrected chi connectivity index (χ4v) is 2.07. The molecule has 0 aliphatic carbocycles. The number of aliphatic carboxylic acids is 1. The van der Waals surface area contributed by atoms with Crippen molar-refractivity contribution in [3.05, 3.63) is 35.4 Å². The molecule has 1 aromatic carbocycles. The molecule has 0 amide bonds. The zero-order valence-electron chi connectivity index (χ0n) is 11.8. The normalized spacial score (nSPS) is 13.8. The Balaban J connectivity index is 2.62. The van der Waals surface area contributed by atoms with Crippen LogP contribution in [-0.2, 0) is 16.0 Å². The molecule has 1 rings (SSSR count). The van der Waals surface area contributed by atoms with Gasteiger partial charge >= 0.3 is 5.97 Å². The summed E-state index contributed by atoms with van der Waals surface area (Å²) in [6, 6.07) is 7.77. The average Bonchev–Trinajstić information content (AvgIpc) is 2.37. The quantitative estimate of drug-likeness (QED) is 0.820. The smallest absolute Gasteiger partial charge is 0.307 e. The van der Waals surface area contributed by atoms with Gasteiger partial charge in [0.15, 0.2) is 0 Å². The molecule has 0 aliphatic heterocycles. The van der Waals surface area contributed by atoms with Gasteiger partial charge in [-0.15, -0.1) is 0 Å². The maximum Gasteiger partial charge on any atom is 0.307 e. The fourth-order valence-electron chi connectivity index (χ4n) is 2.07. The van der Waals surface area contributed by atoms with Crippen molar-refractivity contribution >= 4 is 11.8 Å². The first kappa shape index (κ1) is 15.4. The van der Waals surface area contributed by atoms with E-state index in [-0.39, 0.29) is 18.1 Å². The van der Waals surface area contributed by atoms with Crippen LogP contribution in [-0.4, -0.2) is 16.9 Å². The van der Waals surface area contributed by atoms with Gasteiger partial charge in [0.05, 0.1) is 5.92 Å². The van der Waals surface area contributed by atoms with Crippen molar-refractivity contribution < 1.29 is 14.7 Å². The van der Waals surface area contributed by atoms with Crippen molar-refractivity contribution in [3.8, 4) is 0 Å². The lowest BCUT2D eigenvalue weighted by molar-refractivity contribution is -0.145. The Morgan fingerprint density at radius 3 is 2.26 bits per heavy atom. The summed E-state index contributed by atoms with van der Waals surface area (Å²) in [5.41, 5.74) is 2.10. The van der Waals surface area contributed by atoms with E-state index in [1.54, 1.807) is 0 Å².